The third kappa shape index (κ3) is 2.48. The van der Waals surface area contributed by atoms with Crippen molar-refractivity contribution >= 4 is 18.4 Å². The highest BCUT2D eigenvalue weighted by Gasteiger charge is 2.52. The smallest absolute Gasteiger partial charge is 0.0733 e. The quantitative estimate of drug-likeness (QED) is 0.639. The van der Waals surface area contributed by atoms with Gasteiger partial charge in [0.15, 0.2) is 0 Å². The first kappa shape index (κ1) is 17.9. The van der Waals surface area contributed by atoms with Crippen molar-refractivity contribution in [3.05, 3.63) is 82.5 Å². The zero-order valence-corrected chi connectivity index (χ0v) is 17.7. The zero-order chi connectivity index (χ0) is 18.4. The van der Waals surface area contributed by atoms with Gasteiger partial charge in [-0.25, -0.2) is 0 Å². The van der Waals surface area contributed by atoms with Crippen molar-refractivity contribution in [1.82, 2.24) is 0 Å². The summed E-state index contributed by atoms with van der Waals surface area (Å²) in [6.45, 7) is 16.5. The molecule has 25 heavy (non-hydrogen) atoms. The molecule has 0 N–H and O–H groups in total. The summed E-state index contributed by atoms with van der Waals surface area (Å²) in [4.78, 5) is 0. The van der Waals surface area contributed by atoms with Gasteiger partial charge in [-0.1, -0.05) is 95.5 Å². The molecular formula is C24H30Si. The Balaban J connectivity index is 2.41. The molecule has 1 aliphatic carbocycles. The second kappa shape index (κ2) is 6.14. The second-order valence-corrected chi connectivity index (χ2v) is 12.4. The SMILES string of the molecule is CC1=CC(C)([Si](C)(c2ccccc2)c2c(C)cccc2C)C(C)=C1C. The van der Waals surface area contributed by atoms with Crippen molar-refractivity contribution in [3.8, 4) is 0 Å². The fourth-order valence-electron chi connectivity index (χ4n) is 4.93. The fraction of sp³-hybridized carbons (Fsp3) is 0.333. The average Bonchev–Trinajstić information content (AvgIpc) is 2.79. The summed E-state index contributed by atoms with van der Waals surface area (Å²) < 4.78 is 0. The lowest BCUT2D eigenvalue weighted by molar-refractivity contribution is 0.864. The highest BCUT2D eigenvalue weighted by atomic mass is 28.3. The fourth-order valence-corrected chi connectivity index (χ4v) is 10.4. The monoisotopic (exact) mass is 346 g/mol. The highest BCUT2D eigenvalue weighted by Crippen LogP contribution is 2.53. The van der Waals surface area contributed by atoms with E-state index in [0.717, 1.165) is 0 Å². The van der Waals surface area contributed by atoms with Crippen LogP contribution in [0.5, 0.6) is 0 Å². The minimum Gasteiger partial charge on any atom is -0.0733 e. The van der Waals surface area contributed by atoms with E-state index in [9.17, 15) is 0 Å². The summed E-state index contributed by atoms with van der Waals surface area (Å²) in [6, 6.07) is 18.0. The molecule has 3 rings (SSSR count). The van der Waals surface area contributed by atoms with E-state index in [1.165, 1.54) is 27.5 Å². The Morgan fingerprint density at radius 1 is 0.760 bits per heavy atom. The Morgan fingerprint density at radius 3 is 1.80 bits per heavy atom. The van der Waals surface area contributed by atoms with Gasteiger partial charge in [0.1, 0.15) is 8.07 Å². The van der Waals surface area contributed by atoms with Crippen molar-refractivity contribution in [2.45, 2.75) is 53.1 Å². The first-order valence-corrected chi connectivity index (χ1v) is 11.7. The average molecular weight is 347 g/mol. The molecule has 0 aromatic heterocycles. The van der Waals surface area contributed by atoms with Crippen molar-refractivity contribution in [2.75, 3.05) is 0 Å². The van der Waals surface area contributed by atoms with Gasteiger partial charge in [0.25, 0.3) is 0 Å². The van der Waals surface area contributed by atoms with E-state index < -0.39 is 8.07 Å². The molecular weight excluding hydrogens is 316 g/mol. The summed E-state index contributed by atoms with van der Waals surface area (Å²) >= 11 is 0. The molecule has 2 atom stereocenters. The molecule has 0 saturated carbocycles. The molecule has 2 unspecified atom stereocenters. The van der Waals surface area contributed by atoms with Crippen molar-refractivity contribution in [3.63, 3.8) is 0 Å². The van der Waals surface area contributed by atoms with Crippen LogP contribution in [0.4, 0.5) is 0 Å². The number of rotatable bonds is 3. The lowest BCUT2D eigenvalue weighted by atomic mass is 10.0. The molecule has 0 nitrogen and oxygen atoms in total. The molecule has 1 heteroatoms. The molecule has 1 aliphatic rings. The van der Waals surface area contributed by atoms with E-state index >= 15 is 0 Å². The maximum Gasteiger partial charge on any atom is 0.129 e. The van der Waals surface area contributed by atoms with E-state index in [0.29, 0.717) is 0 Å². The molecule has 0 bridgehead atoms. The Kier molecular flexibility index (Phi) is 4.41. The minimum absolute atomic E-state index is 0.0966. The molecule has 0 heterocycles. The summed E-state index contributed by atoms with van der Waals surface area (Å²) in [5.41, 5.74) is 7.33. The third-order valence-corrected chi connectivity index (χ3v) is 12.7. The molecule has 0 saturated heterocycles. The van der Waals surface area contributed by atoms with Crippen molar-refractivity contribution in [2.24, 2.45) is 0 Å². The van der Waals surface area contributed by atoms with Gasteiger partial charge in [-0.3, -0.25) is 0 Å². The third-order valence-electron chi connectivity index (χ3n) is 6.81. The number of allylic oxidation sites excluding steroid dienone is 4. The summed E-state index contributed by atoms with van der Waals surface area (Å²) in [6.07, 6.45) is 2.56. The lowest BCUT2D eigenvalue weighted by Gasteiger charge is -2.45. The minimum atomic E-state index is -2.06. The molecule has 0 aliphatic heterocycles. The number of hydrogen-bond acceptors (Lipinski definition) is 0. The Hall–Kier alpha value is -1.86. The Morgan fingerprint density at radius 2 is 1.32 bits per heavy atom. The van der Waals surface area contributed by atoms with Gasteiger partial charge in [0.05, 0.1) is 0 Å². The maximum absolute atomic E-state index is 2.57. The first-order chi connectivity index (χ1) is 11.7. The molecule has 2 aromatic carbocycles. The van der Waals surface area contributed by atoms with Crippen LogP contribution in [-0.2, 0) is 0 Å². The summed E-state index contributed by atoms with van der Waals surface area (Å²) in [7, 11) is -2.06. The second-order valence-electron chi connectivity index (χ2n) is 8.04. The van der Waals surface area contributed by atoms with Crippen molar-refractivity contribution < 1.29 is 0 Å². The predicted octanol–water partition coefficient (Wildman–Crippen LogP) is 5.55. The van der Waals surface area contributed by atoms with Gasteiger partial charge < -0.3 is 0 Å². The van der Waals surface area contributed by atoms with Gasteiger partial charge in [0, 0.05) is 5.04 Å². The van der Waals surface area contributed by atoms with E-state index in [1.807, 2.05) is 0 Å². The Bertz CT molecular complexity index is 852. The molecule has 0 fully saturated rings. The zero-order valence-electron chi connectivity index (χ0n) is 16.7. The molecule has 2 aromatic rings. The van der Waals surface area contributed by atoms with Crippen LogP contribution < -0.4 is 10.4 Å². The van der Waals surface area contributed by atoms with Crippen LogP contribution in [0.3, 0.4) is 0 Å². The molecule has 130 valence electrons. The van der Waals surface area contributed by atoms with E-state index in [4.69, 9.17) is 0 Å². The summed E-state index contributed by atoms with van der Waals surface area (Å²) in [5.74, 6) is 0. The number of benzene rings is 2. The van der Waals surface area contributed by atoms with Gasteiger partial charge in [-0.15, -0.1) is 0 Å². The summed E-state index contributed by atoms with van der Waals surface area (Å²) in [5, 5.41) is 3.22. The van der Waals surface area contributed by atoms with Crippen LogP contribution in [0.2, 0.25) is 11.6 Å². The van der Waals surface area contributed by atoms with Crippen molar-refractivity contribution in [1.29, 1.82) is 0 Å². The largest absolute Gasteiger partial charge is 0.129 e. The van der Waals surface area contributed by atoms with Gasteiger partial charge in [-0.05, 0) is 45.4 Å². The topological polar surface area (TPSA) is 0 Å². The van der Waals surface area contributed by atoms with Crippen LogP contribution >= 0.6 is 0 Å². The van der Waals surface area contributed by atoms with Crippen LogP contribution in [0.15, 0.2) is 71.3 Å². The first-order valence-electron chi connectivity index (χ1n) is 9.23. The Labute approximate surface area is 154 Å². The molecule has 0 amide bonds. The van der Waals surface area contributed by atoms with Gasteiger partial charge in [0.2, 0.25) is 0 Å². The van der Waals surface area contributed by atoms with Gasteiger partial charge >= 0.3 is 0 Å². The lowest BCUT2D eigenvalue weighted by Crippen LogP contribution is -2.64. The molecule has 0 spiro atoms. The standard InChI is InChI=1S/C24H30Si/c1-17-12-11-13-18(2)23(17)25(7,22-14-9-8-10-15-22)24(6)16-19(3)20(4)21(24)5/h8-16H,1-7H3. The van der Waals surface area contributed by atoms with Crippen LogP contribution in [0, 0.1) is 13.8 Å². The molecule has 0 radical (unpaired) electrons. The number of aryl methyl sites for hydroxylation is 2. The normalized spacial score (nSPS) is 22.8. The van der Waals surface area contributed by atoms with E-state index in [1.54, 1.807) is 10.8 Å². The van der Waals surface area contributed by atoms with E-state index in [2.05, 4.69) is 103 Å². The van der Waals surface area contributed by atoms with Crippen LogP contribution in [-0.4, -0.2) is 8.07 Å². The van der Waals surface area contributed by atoms with E-state index in [-0.39, 0.29) is 5.04 Å². The highest BCUT2D eigenvalue weighted by molar-refractivity contribution is 7.04. The predicted molar refractivity (Wildman–Crippen MR) is 114 cm³/mol. The van der Waals surface area contributed by atoms with Crippen LogP contribution in [0.1, 0.15) is 38.8 Å². The number of hydrogen-bond donors (Lipinski definition) is 0. The maximum atomic E-state index is 2.57. The van der Waals surface area contributed by atoms with Gasteiger partial charge in [-0.2, -0.15) is 0 Å². The van der Waals surface area contributed by atoms with Crippen LogP contribution in [0.25, 0.3) is 0 Å².